The predicted octanol–water partition coefficient (Wildman–Crippen LogP) is 1.27. The van der Waals surface area contributed by atoms with Crippen molar-refractivity contribution >= 4 is 17.7 Å². The zero-order chi connectivity index (χ0) is 19.7. The van der Waals surface area contributed by atoms with E-state index < -0.39 is 0 Å². The quantitative estimate of drug-likeness (QED) is 0.767. The fraction of sp³-hybridized carbons (Fsp3) is 0.600. The van der Waals surface area contributed by atoms with Gasteiger partial charge in [-0.3, -0.25) is 14.4 Å². The van der Waals surface area contributed by atoms with Crippen LogP contribution in [0.25, 0.3) is 0 Å². The van der Waals surface area contributed by atoms with E-state index in [4.69, 9.17) is 4.74 Å². The average Bonchev–Trinajstić information content (AvgIpc) is 3.41. The Morgan fingerprint density at radius 2 is 2.11 bits per heavy atom. The van der Waals surface area contributed by atoms with Crippen molar-refractivity contribution in [2.75, 3.05) is 7.11 Å². The van der Waals surface area contributed by atoms with Crippen LogP contribution in [0.3, 0.4) is 0 Å². The maximum atomic E-state index is 12.9. The first-order valence-electron chi connectivity index (χ1n) is 9.99. The number of ether oxygens (including phenoxy) is 1. The SMILES string of the molecule is COc1nc2c(cc1CNC(=O)C[C@@H]1CCC(=O)N1)C(=O)N(C1CCCC1)C2. The summed E-state index contributed by atoms with van der Waals surface area (Å²) in [5.74, 6) is 0.314. The van der Waals surface area contributed by atoms with E-state index in [-0.39, 0.29) is 36.7 Å². The van der Waals surface area contributed by atoms with Gasteiger partial charge < -0.3 is 20.3 Å². The lowest BCUT2D eigenvalue weighted by Crippen LogP contribution is -2.33. The molecule has 3 heterocycles. The minimum absolute atomic E-state index is 0.00683. The fourth-order valence-corrected chi connectivity index (χ4v) is 4.40. The topological polar surface area (TPSA) is 101 Å². The van der Waals surface area contributed by atoms with Gasteiger partial charge in [-0.05, 0) is 25.3 Å². The van der Waals surface area contributed by atoms with Crippen LogP contribution in [-0.2, 0) is 22.7 Å². The van der Waals surface area contributed by atoms with Gasteiger partial charge in [0.25, 0.3) is 5.91 Å². The van der Waals surface area contributed by atoms with E-state index in [9.17, 15) is 14.4 Å². The van der Waals surface area contributed by atoms with E-state index in [2.05, 4.69) is 15.6 Å². The molecule has 1 atom stereocenters. The zero-order valence-corrected chi connectivity index (χ0v) is 16.1. The standard InChI is InChI=1S/C20H26N4O4/c1-28-19-12(10-21-18(26)9-13-6-7-17(25)22-13)8-15-16(23-19)11-24(20(15)27)14-4-2-3-5-14/h8,13-14H,2-7,9-11H2,1H3,(H,21,26)(H,22,25)/t13-/m0/s1. The molecule has 1 aliphatic carbocycles. The van der Waals surface area contributed by atoms with Crippen molar-refractivity contribution in [1.29, 1.82) is 0 Å². The molecule has 2 aliphatic heterocycles. The highest BCUT2D eigenvalue weighted by molar-refractivity contribution is 5.98. The number of amides is 3. The normalized spacial score (nSPS) is 21.8. The number of hydrogen-bond acceptors (Lipinski definition) is 5. The van der Waals surface area contributed by atoms with Gasteiger partial charge in [-0.1, -0.05) is 12.8 Å². The lowest BCUT2D eigenvalue weighted by Gasteiger charge is -2.22. The highest BCUT2D eigenvalue weighted by atomic mass is 16.5. The molecule has 1 saturated heterocycles. The Morgan fingerprint density at radius 1 is 1.32 bits per heavy atom. The third-order valence-electron chi connectivity index (χ3n) is 5.90. The largest absolute Gasteiger partial charge is 0.481 e. The van der Waals surface area contributed by atoms with E-state index in [0.717, 1.165) is 18.5 Å². The molecule has 8 heteroatoms. The molecule has 1 aromatic rings. The Bertz CT molecular complexity index is 804. The molecule has 2 fully saturated rings. The molecule has 28 heavy (non-hydrogen) atoms. The summed E-state index contributed by atoms with van der Waals surface area (Å²) in [7, 11) is 1.54. The Morgan fingerprint density at radius 3 is 2.79 bits per heavy atom. The number of rotatable bonds is 6. The highest BCUT2D eigenvalue weighted by Gasteiger charge is 2.36. The van der Waals surface area contributed by atoms with E-state index in [1.165, 1.54) is 12.8 Å². The minimum Gasteiger partial charge on any atom is -0.481 e. The molecule has 0 radical (unpaired) electrons. The molecule has 0 bridgehead atoms. The number of carbonyl (C=O) groups excluding carboxylic acids is 3. The first kappa shape index (κ1) is 18.7. The number of nitrogens with one attached hydrogen (secondary N) is 2. The van der Waals surface area contributed by atoms with Crippen LogP contribution < -0.4 is 15.4 Å². The second kappa shape index (κ2) is 7.77. The lowest BCUT2D eigenvalue weighted by molar-refractivity contribution is -0.121. The maximum absolute atomic E-state index is 12.9. The summed E-state index contributed by atoms with van der Waals surface area (Å²) in [5, 5.41) is 5.64. The second-order valence-corrected chi connectivity index (χ2v) is 7.81. The van der Waals surface area contributed by atoms with Gasteiger partial charge in [0, 0.05) is 37.0 Å². The summed E-state index contributed by atoms with van der Waals surface area (Å²) in [4.78, 5) is 42.8. The molecule has 2 N–H and O–H groups in total. The van der Waals surface area contributed by atoms with Crippen molar-refractivity contribution in [2.24, 2.45) is 0 Å². The van der Waals surface area contributed by atoms with Crippen LogP contribution in [0.4, 0.5) is 0 Å². The number of carbonyl (C=O) groups is 3. The van der Waals surface area contributed by atoms with Crippen LogP contribution in [0.15, 0.2) is 6.07 Å². The zero-order valence-electron chi connectivity index (χ0n) is 16.1. The van der Waals surface area contributed by atoms with E-state index in [1.54, 1.807) is 13.2 Å². The first-order chi connectivity index (χ1) is 13.5. The summed E-state index contributed by atoms with van der Waals surface area (Å²) >= 11 is 0. The van der Waals surface area contributed by atoms with Crippen molar-refractivity contribution in [3.05, 3.63) is 22.9 Å². The van der Waals surface area contributed by atoms with Gasteiger partial charge in [0.1, 0.15) is 0 Å². The fourth-order valence-electron chi connectivity index (χ4n) is 4.40. The molecular formula is C20H26N4O4. The number of fused-ring (bicyclic) bond motifs is 1. The van der Waals surface area contributed by atoms with Crippen LogP contribution >= 0.6 is 0 Å². The first-order valence-corrected chi connectivity index (χ1v) is 9.99. The van der Waals surface area contributed by atoms with E-state index >= 15 is 0 Å². The van der Waals surface area contributed by atoms with Crippen LogP contribution in [0.2, 0.25) is 0 Å². The molecular weight excluding hydrogens is 360 g/mol. The van der Waals surface area contributed by atoms with Crippen molar-refractivity contribution in [3.8, 4) is 5.88 Å². The lowest BCUT2D eigenvalue weighted by atomic mass is 10.1. The molecule has 3 amide bonds. The van der Waals surface area contributed by atoms with E-state index in [1.807, 2.05) is 4.90 Å². The van der Waals surface area contributed by atoms with Gasteiger partial charge in [-0.2, -0.15) is 0 Å². The summed E-state index contributed by atoms with van der Waals surface area (Å²) < 4.78 is 5.40. The molecule has 0 unspecified atom stereocenters. The molecule has 3 aliphatic rings. The smallest absolute Gasteiger partial charge is 0.256 e. The third-order valence-corrected chi connectivity index (χ3v) is 5.90. The maximum Gasteiger partial charge on any atom is 0.256 e. The molecule has 8 nitrogen and oxygen atoms in total. The molecule has 150 valence electrons. The molecule has 0 spiro atoms. The highest BCUT2D eigenvalue weighted by Crippen LogP contribution is 2.33. The van der Waals surface area contributed by atoms with Gasteiger partial charge in [0.2, 0.25) is 17.7 Å². The van der Waals surface area contributed by atoms with Crippen molar-refractivity contribution in [3.63, 3.8) is 0 Å². The molecule has 1 saturated carbocycles. The van der Waals surface area contributed by atoms with E-state index in [0.29, 0.717) is 42.4 Å². The Labute approximate surface area is 164 Å². The Balaban J connectivity index is 1.43. The Kier molecular flexibility index (Phi) is 5.19. The minimum atomic E-state index is -0.145. The number of methoxy groups -OCH3 is 1. The van der Waals surface area contributed by atoms with Gasteiger partial charge in [-0.25, -0.2) is 4.98 Å². The summed E-state index contributed by atoms with van der Waals surface area (Å²) in [6.45, 7) is 0.767. The van der Waals surface area contributed by atoms with Gasteiger partial charge >= 0.3 is 0 Å². The second-order valence-electron chi connectivity index (χ2n) is 7.81. The van der Waals surface area contributed by atoms with Gasteiger partial charge in [0.05, 0.1) is 24.9 Å². The summed E-state index contributed by atoms with van der Waals surface area (Å²) in [6.07, 6.45) is 5.85. The number of nitrogens with zero attached hydrogens (tertiary/aromatic N) is 2. The number of pyridine rings is 1. The average molecular weight is 386 g/mol. The van der Waals surface area contributed by atoms with Crippen LogP contribution in [0.5, 0.6) is 5.88 Å². The van der Waals surface area contributed by atoms with Crippen molar-refractivity contribution < 1.29 is 19.1 Å². The summed E-state index contributed by atoms with van der Waals surface area (Å²) in [6, 6.07) is 2.00. The molecule has 0 aromatic carbocycles. The van der Waals surface area contributed by atoms with Crippen molar-refractivity contribution in [2.45, 2.75) is 70.1 Å². The summed E-state index contributed by atoms with van der Waals surface area (Å²) in [5.41, 5.74) is 2.05. The predicted molar refractivity (Wildman–Crippen MR) is 101 cm³/mol. The monoisotopic (exact) mass is 386 g/mol. The number of hydrogen-bond donors (Lipinski definition) is 2. The third kappa shape index (κ3) is 3.68. The van der Waals surface area contributed by atoms with Crippen LogP contribution in [0, 0.1) is 0 Å². The van der Waals surface area contributed by atoms with Gasteiger partial charge in [-0.15, -0.1) is 0 Å². The van der Waals surface area contributed by atoms with Crippen LogP contribution in [0.1, 0.15) is 66.6 Å². The number of aromatic nitrogens is 1. The van der Waals surface area contributed by atoms with Gasteiger partial charge in [0.15, 0.2) is 0 Å². The molecule has 1 aromatic heterocycles. The van der Waals surface area contributed by atoms with Crippen molar-refractivity contribution in [1.82, 2.24) is 20.5 Å². The van der Waals surface area contributed by atoms with Crippen LogP contribution in [-0.4, -0.2) is 46.8 Å². The Hall–Kier alpha value is -2.64. The molecule has 4 rings (SSSR count).